The van der Waals surface area contributed by atoms with E-state index in [4.69, 9.17) is 4.43 Å². The van der Waals surface area contributed by atoms with Crippen molar-refractivity contribution in [2.24, 2.45) is 5.92 Å². The van der Waals surface area contributed by atoms with Gasteiger partial charge in [-0.1, -0.05) is 81.9 Å². The summed E-state index contributed by atoms with van der Waals surface area (Å²) in [5, 5.41) is -0.596. The van der Waals surface area contributed by atoms with E-state index in [0.717, 1.165) is 40.8 Å². The van der Waals surface area contributed by atoms with Crippen molar-refractivity contribution in [3.8, 4) is 0 Å². The molecule has 3 nitrogen and oxygen atoms in total. The molecule has 2 aromatic carbocycles. The summed E-state index contributed by atoms with van der Waals surface area (Å²) >= 11 is 1.68. The summed E-state index contributed by atoms with van der Waals surface area (Å²) < 4.78 is 34.5. The Labute approximate surface area is 199 Å². The first-order chi connectivity index (χ1) is 15.3. The largest absolute Gasteiger partial charge is 0.414 e. The molecule has 0 saturated carbocycles. The van der Waals surface area contributed by atoms with Gasteiger partial charge in [0.2, 0.25) is 0 Å². The smallest absolute Gasteiger partial charge is 0.192 e. The van der Waals surface area contributed by atoms with Crippen LogP contribution in [0.25, 0.3) is 0 Å². The van der Waals surface area contributed by atoms with Crippen LogP contribution < -0.4 is 0 Å². The molecule has 32 heavy (non-hydrogen) atoms. The third-order valence-electron chi connectivity index (χ3n) is 6.89. The lowest BCUT2D eigenvalue weighted by Gasteiger charge is -2.37. The second-order valence-electron chi connectivity index (χ2n) is 8.67. The van der Waals surface area contributed by atoms with Crippen LogP contribution in [0.15, 0.2) is 81.4 Å². The Balaban J connectivity index is 1.99. The molecule has 0 aromatic heterocycles. The Kier molecular flexibility index (Phi) is 8.84. The molecule has 0 amide bonds. The lowest BCUT2D eigenvalue weighted by molar-refractivity contribution is 0.126. The van der Waals surface area contributed by atoms with Gasteiger partial charge in [-0.05, 0) is 60.1 Å². The molecule has 2 aromatic rings. The molecule has 0 fully saturated rings. The monoisotopic (exact) mass is 488 g/mol. The molecule has 0 bridgehead atoms. The summed E-state index contributed by atoms with van der Waals surface area (Å²) in [6, 6.07) is 22.3. The van der Waals surface area contributed by atoms with Crippen molar-refractivity contribution in [1.82, 2.24) is 0 Å². The van der Waals surface area contributed by atoms with Crippen molar-refractivity contribution in [3.05, 3.63) is 71.6 Å². The molecule has 174 valence electrons. The number of benzene rings is 2. The summed E-state index contributed by atoms with van der Waals surface area (Å²) in [5.74, 6) is -0.106. The van der Waals surface area contributed by atoms with Crippen LogP contribution in [0.4, 0.5) is 0 Å². The first-order valence-corrected chi connectivity index (χ1v) is 16.6. The van der Waals surface area contributed by atoms with E-state index in [1.54, 1.807) is 36.0 Å². The number of sulfone groups is 1. The van der Waals surface area contributed by atoms with Gasteiger partial charge in [0, 0.05) is 16.9 Å². The second-order valence-corrected chi connectivity index (χ2v) is 16.7. The van der Waals surface area contributed by atoms with Crippen LogP contribution in [0.2, 0.25) is 18.1 Å². The maximum atomic E-state index is 13.8. The van der Waals surface area contributed by atoms with Crippen LogP contribution >= 0.6 is 11.8 Å². The highest BCUT2D eigenvalue weighted by Crippen LogP contribution is 2.40. The SMILES string of the molecule is CC[Si](CC)(CC)O[C@@H]1CCC(Sc2ccccc2)=CC(S(=O)(=O)c2ccccc2)[C@H]1C. The zero-order chi connectivity index (χ0) is 23.2. The van der Waals surface area contributed by atoms with E-state index in [9.17, 15) is 8.42 Å². The second kappa shape index (κ2) is 11.2. The first kappa shape index (κ1) is 25.3. The van der Waals surface area contributed by atoms with E-state index in [2.05, 4.69) is 39.8 Å². The fourth-order valence-corrected chi connectivity index (χ4v) is 10.6. The van der Waals surface area contributed by atoms with E-state index in [-0.39, 0.29) is 12.0 Å². The molecule has 1 aliphatic rings. The minimum Gasteiger partial charge on any atom is -0.414 e. The van der Waals surface area contributed by atoms with Gasteiger partial charge < -0.3 is 4.43 Å². The van der Waals surface area contributed by atoms with Gasteiger partial charge >= 0.3 is 0 Å². The van der Waals surface area contributed by atoms with Gasteiger partial charge in [-0.25, -0.2) is 8.42 Å². The lowest BCUT2D eigenvalue weighted by atomic mass is 10.00. The molecule has 0 radical (unpaired) electrons. The van der Waals surface area contributed by atoms with Crippen molar-refractivity contribution < 1.29 is 12.8 Å². The Bertz CT molecular complexity index is 978. The van der Waals surface area contributed by atoms with Crippen molar-refractivity contribution in [1.29, 1.82) is 0 Å². The molecule has 0 aliphatic heterocycles. The van der Waals surface area contributed by atoms with Gasteiger partial charge in [0.1, 0.15) is 0 Å². The highest BCUT2D eigenvalue weighted by Gasteiger charge is 2.41. The normalized spacial score (nSPS) is 22.2. The Morgan fingerprint density at radius 1 is 0.938 bits per heavy atom. The topological polar surface area (TPSA) is 43.4 Å². The van der Waals surface area contributed by atoms with Crippen molar-refractivity contribution in [2.75, 3.05) is 0 Å². The number of hydrogen-bond donors (Lipinski definition) is 0. The zero-order valence-corrected chi connectivity index (χ0v) is 22.3. The molecule has 0 saturated heterocycles. The predicted molar refractivity (Wildman–Crippen MR) is 138 cm³/mol. The van der Waals surface area contributed by atoms with Crippen molar-refractivity contribution in [3.63, 3.8) is 0 Å². The third kappa shape index (κ3) is 5.77. The molecule has 1 aliphatic carbocycles. The summed E-state index contributed by atoms with van der Waals surface area (Å²) in [4.78, 5) is 2.65. The minimum absolute atomic E-state index is 0.0462. The average molecular weight is 489 g/mol. The van der Waals surface area contributed by atoms with Crippen LogP contribution in [0.5, 0.6) is 0 Å². The van der Waals surface area contributed by atoms with Gasteiger partial charge in [-0.3, -0.25) is 0 Å². The van der Waals surface area contributed by atoms with Crippen LogP contribution in [0.3, 0.4) is 0 Å². The maximum absolute atomic E-state index is 13.8. The lowest BCUT2D eigenvalue weighted by Crippen LogP contribution is -2.44. The average Bonchev–Trinajstić information content (AvgIpc) is 2.98. The highest BCUT2D eigenvalue weighted by atomic mass is 32.2. The number of allylic oxidation sites excluding steroid dienone is 1. The fourth-order valence-electron chi connectivity index (χ4n) is 4.53. The summed E-state index contributed by atoms with van der Waals surface area (Å²) in [5.41, 5.74) is 0. The molecule has 0 heterocycles. The van der Waals surface area contributed by atoms with Gasteiger partial charge in [0.25, 0.3) is 0 Å². The quantitative estimate of drug-likeness (QED) is 0.347. The first-order valence-electron chi connectivity index (χ1n) is 11.8. The molecule has 1 unspecified atom stereocenters. The number of rotatable bonds is 9. The van der Waals surface area contributed by atoms with E-state index < -0.39 is 23.4 Å². The van der Waals surface area contributed by atoms with E-state index in [1.165, 1.54) is 0 Å². The Morgan fingerprint density at radius 3 is 2.06 bits per heavy atom. The zero-order valence-electron chi connectivity index (χ0n) is 19.7. The van der Waals surface area contributed by atoms with Crippen LogP contribution in [-0.2, 0) is 14.3 Å². The Morgan fingerprint density at radius 2 is 1.50 bits per heavy atom. The maximum Gasteiger partial charge on any atom is 0.192 e. The molecule has 6 heteroatoms. The molecular formula is C26H36O3S2Si. The van der Waals surface area contributed by atoms with Gasteiger partial charge in [0.15, 0.2) is 18.2 Å². The van der Waals surface area contributed by atoms with Gasteiger partial charge in [-0.2, -0.15) is 0 Å². The third-order valence-corrected chi connectivity index (χ3v) is 14.9. The van der Waals surface area contributed by atoms with E-state index >= 15 is 0 Å². The summed E-state index contributed by atoms with van der Waals surface area (Å²) in [6.45, 7) is 8.76. The Hall–Kier alpha value is -1.34. The van der Waals surface area contributed by atoms with Crippen molar-refractivity contribution in [2.45, 2.75) is 79.8 Å². The minimum atomic E-state index is -3.52. The standard InChI is InChI=1S/C26H36O3S2Si/c1-5-32(6-2,7-3)29-25-19-18-23(30-22-14-10-8-11-15-22)20-26(21(25)4)31(27,28)24-16-12-9-13-17-24/h8-17,20-21,25-26H,5-7,18-19H2,1-4H3/t21-,25+,26?/m0/s1. The molecular weight excluding hydrogens is 453 g/mol. The summed E-state index contributed by atoms with van der Waals surface area (Å²) in [6.07, 6.45) is 3.68. The molecule has 0 spiro atoms. The van der Waals surface area contributed by atoms with Gasteiger partial charge in [-0.15, -0.1) is 0 Å². The van der Waals surface area contributed by atoms with Crippen LogP contribution in [0, 0.1) is 5.92 Å². The van der Waals surface area contributed by atoms with Gasteiger partial charge in [0.05, 0.1) is 10.1 Å². The predicted octanol–water partition coefficient (Wildman–Crippen LogP) is 7.33. The molecule has 3 rings (SSSR count). The highest BCUT2D eigenvalue weighted by molar-refractivity contribution is 8.03. The van der Waals surface area contributed by atoms with Crippen LogP contribution in [-0.4, -0.2) is 28.1 Å². The van der Waals surface area contributed by atoms with Crippen molar-refractivity contribution >= 4 is 29.9 Å². The van der Waals surface area contributed by atoms with E-state index in [1.807, 2.05) is 30.3 Å². The molecule has 0 N–H and O–H groups in total. The number of thioether (sulfide) groups is 1. The van der Waals surface area contributed by atoms with E-state index in [0.29, 0.717) is 4.90 Å². The summed E-state index contributed by atoms with van der Waals surface area (Å²) in [7, 11) is -5.38. The molecule has 3 atom stereocenters. The fraction of sp³-hybridized carbons (Fsp3) is 0.462. The van der Waals surface area contributed by atoms with Crippen LogP contribution in [0.1, 0.15) is 40.5 Å². The number of hydrogen-bond acceptors (Lipinski definition) is 4.